The van der Waals surface area contributed by atoms with Crippen molar-refractivity contribution < 1.29 is 9.47 Å². The molecular formula is C16H17BrN2O2. The summed E-state index contributed by atoms with van der Waals surface area (Å²) in [6, 6.07) is 13.9. The van der Waals surface area contributed by atoms with E-state index in [1.165, 1.54) is 5.56 Å². The van der Waals surface area contributed by atoms with Gasteiger partial charge in [0.25, 0.3) is 0 Å². The van der Waals surface area contributed by atoms with Crippen LogP contribution in [0.2, 0.25) is 0 Å². The SMILES string of the molecule is COc1cc(C=NNCc2ccccc2)cc(Br)c1OC. The first kappa shape index (κ1) is 15.4. The van der Waals surface area contributed by atoms with Crippen molar-refractivity contribution in [3.8, 4) is 11.5 Å². The number of hydrazone groups is 1. The first-order valence-corrected chi connectivity index (χ1v) is 7.25. The van der Waals surface area contributed by atoms with E-state index in [4.69, 9.17) is 9.47 Å². The van der Waals surface area contributed by atoms with Crippen LogP contribution < -0.4 is 14.9 Å². The monoisotopic (exact) mass is 348 g/mol. The van der Waals surface area contributed by atoms with Crippen LogP contribution in [0.3, 0.4) is 0 Å². The van der Waals surface area contributed by atoms with Gasteiger partial charge in [-0.05, 0) is 39.2 Å². The summed E-state index contributed by atoms with van der Waals surface area (Å²) < 4.78 is 11.4. The van der Waals surface area contributed by atoms with E-state index in [2.05, 4.69) is 38.6 Å². The van der Waals surface area contributed by atoms with Crippen molar-refractivity contribution in [3.05, 3.63) is 58.1 Å². The molecule has 0 spiro atoms. The Morgan fingerprint density at radius 2 is 1.90 bits per heavy atom. The second kappa shape index (κ2) is 7.69. The first-order valence-electron chi connectivity index (χ1n) is 6.46. The molecule has 0 fully saturated rings. The molecule has 0 aromatic heterocycles. The Labute approximate surface area is 132 Å². The predicted molar refractivity (Wildman–Crippen MR) is 88.1 cm³/mol. The Balaban J connectivity index is 2.02. The van der Waals surface area contributed by atoms with Crippen LogP contribution in [0.25, 0.3) is 0 Å². The summed E-state index contributed by atoms with van der Waals surface area (Å²) in [6.45, 7) is 0.686. The third-order valence-corrected chi connectivity index (χ3v) is 3.48. The lowest BCUT2D eigenvalue weighted by molar-refractivity contribution is 0.353. The van der Waals surface area contributed by atoms with Gasteiger partial charge in [0.15, 0.2) is 11.5 Å². The zero-order chi connectivity index (χ0) is 15.1. The fraction of sp³-hybridized carbons (Fsp3) is 0.188. The van der Waals surface area contributed by atoms with Crippen molar-refractivity contribution in [3.63, 3.8) is 0 Å². The minimum Gasteiger partial charge on any atom is -0.493 e. The molecule has 21 heavy (non-hydrogen) atoms. The fourth-order valence-corrected chi connectivity index (χ4v) is 2.49. The number of rotatable bonds is 6. The minimum atomic E-state index is 0.663. The third-order valence-electron chi connectivity index (χ3n) is 2.89. The summed E-state index contributed by atoms with van der Waals surface area (Å²) >= 11 is 3.46. The second-order valence-electron chi connectivity index (χ2n) is 4.32. The highest BCUT2D eigenvalue weighted by atomic mass is 79.9. The van der Waals surface area contributed by atoms with Crippen LogP contribution in [0.4, 0.5) is 0 Å². The summed E-state index contributed by atoms with van der Waals surface area (Å²) in [5.41, 5.74) is 5.12. The largest absolute Gasteiger partial charge is 0.493 e. The number of nitrogens with zero attached hydrogens (tertiary/aromatic N) is 1. The zero-order valence-electron chi connectivity index (χ0n) is 12.0. The molecule has 0 saturated carbocycles. The predicted octanol–water partition coefficient (Wildman–Crippen LogP) is 3.59. The molecule has 1 N–H and O–H groups in total. The van der Waals surface area contributed by atoms with Gasteiger partial charge in [0.05, 0.1) is 31.5 Å². The lowest BCUT2D eigenvalue weighted by Gasteiger charge is -2.10. The topological polar surface area (TPSA) is 42.8 Å². The quantitative estimate of drug-likeness (QED) is 0.640. The smallest absolute Gasteiger partial charge is 0.174 e. The maximum absolute atomic E-state index is 5.30. The van der Waals surface area contributed by atoms with Gasteiger partial charge in [0.2, 0.25) is 0 Å². The van der Waals surface area contributed by atoms with E-state index in [0.29, 0.717) is 18.0 Å². The van der Waals surface area contributed by atoms with E-state index in [1.807, 2.05) is 30.3 Å². The van der Waals surface area contributed by atoms with Crippen molar-refractivity contribution in [2.24, 2.45) is 5.10 Å². The Morgan fingerprint density at radius 3 is 2.57 bits per heavy atom. The van der Waals surface area contributed by atoms with E-state index < -0.39 is 0 Å². The molecule has 0 bridgehead atoms. The highest BCUT2D eigenvalue weighted by molar-refractivity contribution is 9.10. The number of hydrogen-bond acceptors (Lipinski definition) is 4. The van der Waals surface area contributed by atoms with E-state index >= 15 is 0 Å². The van der Waals surface area contributed by atoms with E-state index in [0.717, 1.165) is 10.0 Å². The van der Waals surface area contributed by atoms with Gasteiger partial charge in [-0.25, -0.2) is 0 Å². The Bertz CT molecular complexity index is 615. The van der Waals surface area contributed by atoms with Crippen molar-refractivity contribution in [2.75, 3.05) is 14.2 Å². The van der Waals surface area contributed by atoms with Gasteiger partial charge in [-0.2, -0.15) is 5.10 Å². The van der Waals surface area contributed by atoms with Gasteiger partial charge in [0.1, 0.15) is 0 Å². The summed E-state index contributed by atoms with van der Waals surface area (Å²) in [5, 5.41) is 4.22. The summed E-state index contributed by atoms with van der Waals surface area (Å²) in [6.07, 6.45) is 1.75. The molecule has 2 aromatic rings. The Kier molecular flexibility index (Phi) is 5.63. The molecule has 110 valence electrons. The fourth-order valence-electron chi connectivity index (χ4n) is 1.87. The summed E-state index contributed by atoms with van der Waals surface area (Å²) in [7, 11) is 3.22. The molecular weight excluding hydrogens is 332 g/mol. The lowest BCUT2D eigenvalue weighted by atomic mass is 10.2. The van der Waals surface area contributed by atoms with E-state index in [1.54, 1.807) is 20.4 Å². The maximum atomic E-state index is 5.30. The minimum absolute atomic E-state index is 0.663. The standard InChI is InChI=1S/C16H17BrN2O2/c1-20-15-9-13(8-14(17)16(15)21-2)11-19-18-10-12-6-4-3-5-7-12/h3-9,11,18H,10H2,1-2H3. The third kappa shape index (κ3) is 4.23. The van der Waals surface area contributed by atoms with Crippen LogP contribution in [0.5, 0.6) is 11.5 Å². The molecule has 0 saturated heterocycles. The van der Waals surface area contributed by atoms with Crippen LogP contribution in [-0.2, 0) is 6.54 Å². The van der Waals surface area contributed by atoms with Crippen molar-refractivity contribution in [1.82, 2.24) is 5.43 Å². The molecule has 0 radical (unpaired) electrons. The molecule has 4 nitrogen and oxygen atoms in total. The van der Waals surface area contributed by atoms with Crippen LogP contribution in [-0.4, -0.2) is 20.4 Å². The number of ether oxygens (including phenoxy) is 2. The molecule has 0 amide bonds. The summed E-state index contributed by atoms with van der Waals surface area (Å²) in [4.78, 5) is 0. The molecule has 2 rings (SSSR count). The summed E-state index contributed by atoms with van der Waals surface area (Å²) in [5.74, 6) is 1.34. The molecule has 0 aliphatic rings. The molecule has 0 atom stereocenters. The number of benzene rings is 2. The molecule has 0 aliphatic heterocycles. The normalized spacial score (nSPS) is 10.6. The Hall–Kier alpha value is -2.01. The van der Waals surface area contributed by atoms with Gasteiger partial charge in [-0.15, -0.1) is 0 Å². The van der Waals surface area contributed by atoms with Crippen LogP contribution in [0, 0.1) is 0 Å². The second-order valence-corrected chi connectivity index (χ2v) is 5.17. The molecule has 2 aromatic carbocycles. The van der Waals surface area contributed by atoms with Crippen molar-refractivity contribution >= 4 is 22.1 Å². The number of halogens is 1. The van der Waals surface area contributed by atoms with Crippen LogP contribution in [0.1, 0.15) is 11.1 Å². The van der Waals surface area contributed by atoms with Crippen molar-refractivity contribution in [1.29, 1.82) is 0 Å². The lowest BCUT2D eigenvalue weighted by Crippen LogP contribution is -2.05. The molecule has 0 unspecified atom stereocenters. The number of hydrogen-bond donors (Lipinski definition) is 1. The van der Waals surface area contributed by atoms with Gasteiger partial charge in [-0.3, -0.25) is 0 Å². The van der Waals surface area contributed by atoms with E-state index in [-0.39, 0.29) is 0 Å². The van der Waals surface area contributed by atoms with Gasteiger partial charge >= 0.3 is 0 Å². The molecule has 0 heterocycles. The average molecular weight is 349 g/mol. The highest BCUT2D eigenvalue weighted by Crippen LogP contribution is 2.35. The van der Waals surface area contributed by atoms with Crippen molar-refractivity contribution in [2.45, 2.75) is 6.54 Å². The van der Waals surface area contributed by atoms with Gasteiger partial charge in [0, 0.05) is 0 Å². The zero-order valence-corrected chi connectivity index (χ0v) is 13.6. The highest BCUT2D eigenvalue weighted by Gasteiger charge is 2.09. The van der Waals surface area contributed by atoms with Gasteiger partial charge < -0.3 is 14.9 Å². The molecule has 5 heteroatoms. The number of methoxy groups -OCH3 is 2. The molecule has 0 aliphatic carbocycles. The Morgan fingerprint density at radius 1 is 1.14 bits per heavy atom. The van der Waals surface area contributed by atoms with Crippen LogP contribution in [0.15, 0.2) is 52.0 Å². The number of nitrogens with one attached hydrogen (secondary N) is 1. The average Bonchev–Trinajstić information content (AvgIpc) is 2.52. The van der Waals surface area contributed by atoms with Gasteiger partial charge in [-0.1, -0.05) is 30.3 Å². The maximum Gasteiger partial charge on any atom is 0.174 e. The van der Waals surface area contributed by atoms with Crippen LogP contribution >= 0.6 is 15.9 Å². The van der Waals surface area contributed by atoms with E-state index in [9.17, 15) is 0 Å². The first-order chi connectivity index (χ1) is 10.2.